The lowest BCUT2D eigenvalue weighted by molar-refractivity contribution is 0.0563. The Morgan fingerprint density at radius 2 is 2.06 bits per heavy atom. The molecule has 35 heavy (non-hydrogen) atoms. The Hall–Kier alpha value is -4.42. The van der Waals surface area contributed by atoms with Crippen LogP contribution in [0.2, 0.25) is 0 Å². The van der Waals surface area contributed by atoms with Crippen molar-refractivity contribution in [2.45, 2.75) is 38.7 Å². The molecule has 5 N–H and O–H groups in total. The van der Waals surface area contributed by atoms with Gasteiger partial charge in [-0.2, -0.15) is 0 Å². The van der Waals surface area contributed by atoms with Crippen molar-refractivity contribution in [1.82, 2.24) is 30.2 Å². The van der Waals surface area contributed by atoms with E-state index in [9.17, 15) is 19.2 Å². The number of alkyl carbamates (subject to hydrolysis) is 1. The second kappa shape index (κ2) is 9.08. The third-order valence-corrected chi connectivity index (χ3v) is 5.23. The van der Waals surface area contributed by atoms with Crippen LogP contribution in [0, 0.1) is 5.41 Å². The molecule has 2 amide bonds. The second-order valence-corrected chi connectivity index (χ2v) is 9.00. The molecule has 3 aromatic rings. The number of H-pyrrole nitrogens is 2. The van der Waals surface area contributed by atoms with Gasteiger partial charge in [-0.3, -0.25) is 25.5 Å². The van der Waals surface area contributed by atoms with E-state index in [-0.39, 0.29) is 29.5 Å². The smallest absolute Gasteiger partial charge is 0.413 e. The Balaban J connectivity index is 1.39. The summed E-state index contributed by atoms with van der Waals surface area (Å²) in [6.45, 7) is 5.89. The summed E-state index contributed by atoms with van der Waals surface area (Å²) in [5.74, 6) is 0.520. The van der Waals surface area contributed by atoms with Crippen LogP contribution in [-0.2, 0) is 4.74 Å². The number of amidine groups is 1. The number of carbonyl (C=O) groups is 2. The van der Waals surface area contributed by atoms with Crippen LogP contribution in [0.5, 0.6) is 5.75 Å². The Labute approximate surface area is 198 Å². The fourth-order valence-corrected chi connectivity index (χ4v) is 3.68. The molecule has 0 spiro atoms. The van der Waals surface area contributed by atoms with Gasteiger partial charge in [-0.25, -0.2) is 23.9 Å². The van der Waals surface area contributed by atoms with E-state index in [0.29, 0.717) is 24.3 Å². The molecule has 184 valence electrons. The molecule has 1 atom stereocenters. The highest BCUT2D eigenvalue weighted by molar-refractivity contribution is 6.04. The highest BCUT2D eigenvalue weighted by Gasteiger charge is 2.26. The zero-order chi connectivity index (χ0) is 25.3. The predicted octanol–water partition coefficient (Wildman–Crippen LogP) is 1.39. The zero-order valence-electron chi connectivity index (χ0n) is 19.4. The fourth-order valence-electron chi connectivity index (χ4n) is 3.68. The van der Waals surface area contributed by atoms with Crippen molar-refractivity contribution in [3.05, 3.63) is 56.5 Å². The highest BCUT2D eigenvalue weighted by atomic mass is 16.6. The fraction of sp³-hybridized carbons (Fsp3) is 0.364. The summed E-state index contributed by atoms with van der Waals surface area (Å²) >= 11 is 0. The average molecular weight is 483 g/mol. The first-order valence-electron chi connectivity index (χ1n) is 10.9. The van der Waals surface area contributed by atoms with Crippen LogP contribution in [0.1, 0.15) is 44.2 Å². The largest absolute Gasteiger partial charge is 0.493 e. The Morgan fingerprint density at radius 3 is 2.80 bits per heavy atom. The quantitative estimate of drug-likeness (QED) is 0.274. The zero-order valence-corrected chi connectivity index (χ0v) is 19.4. The van der Waals surface area contributed by atoms with Crippen molar-refractivity contribution in [3.8, 4) is 5.75 Å². The number of ether oxygens (including phenoxy) is 2. The normalized spacial score (nSPS) is 14.8. The molecule has 0 aliphatic carbocycles. The number of hydrogen-bond donors (Lipinski definition) is 5. The molecule has 4 rings (SSSR count). The van der Waals surface area contributed by atoms with E-state index in [1.54, 1.807) is 39.0 Å². The Bertz CT molecular complexity index is 1430. The van der Waals surface area contributed by atoms with E-state index in [4.69, 9.17) is 14.9 Å². The Morgan fingerprint density at radius 1 is 1.29 bits per heavy atom. The van der Waals surface area contributed by atoms with Crippen LogP contribution in [-0.4, -0.2) is 56.2 Å². The van der Waals surface area contributed by atoms with E-state index >= 15 is 0 Å². The van der Waals surface area contributed by atoms with Crippen LogP contribution in [0.3, 0.4) is 0 Å². The van der Waals surface area contributed by atoms with Gasteiger partial charge in [0.15, 0.2) is 11.2 Å². The number of aromatic nitrogens is 4. The third-order valence-electron chi connectivity index (χ3n) is 5.23. The molecule has 1 aliphatic rings. The maximum Gasteiger partial charge on any atom is 0.413 e. The van der Waals surface area contributed by atoms with Crippen molar-refractivity contribution in [2.75, 3.05) is 13.2 Å². The first-order valence-corrected chi connectivity index (χ1v) is 10.9. The summed E-state index contributed by atoms with van der Waals surface area (Å²) in [5, 5.41) is 13.4. The molecule has 2 aromatic heterocycles. The van der Waals surface area contributed by atoms with Crippen molar-refractivity contribution < 1.29 is 19.1 Å². The lowest BCUT2D eigenvalue weighted by Crippen LogP contribution is -2.36. The topological polar surface area (TPSA) is 184 Å². The molecule has 0 bridgehead atoms. The maximum atomic E-state index is 12.6. The molecule has 1 unspecified atom stereocenters. The van der Waals surface area contributed by atoms with Gasteiger partial charge in [0.25, 0.3) is 5.56 Å². The second-order valence-electron chi connectivity index (χ2n) is 9.00. The highest BCUT2D eigenvalue weighted by Crippen LogP contribution is 2.36. The molecule has 0 fully saturated rings. The van der Waals surface area contributed by atoms with Gasteiger partial charge >= 0.3 is 17.8 Å². The summed E-state index contributed by atoms with van der Waals surface area (Å²) < 4.78 is 12.0. The maximum absolute atomic E-state index is 12.6. The van der Waals surface area contributed by atoms with Gasteiger partial charge in [-0.1, -0.05) is 0 Å². The first-order chi connectivity index (χ1) is 16.5. The van der Waals surface area contributed by atoms with Crippen molar-refractivity contribution >= 4 is 29.1 Å². The number of imidazole rings is 1. The van der Waals surface area contributed by atoms with Gasteiger partial charge in [0, 0.05) is 23.6 Å². The molecule has 13 heteroatoms. The van der Waals surface area contributed by atoms with E-state index in [0.717, 1.165) is 16.5 Å². The number of nitrogens with zero attached hydrogens (tertiary/aromatic N) is 2. The number of carbonyl (C=O) groups excluding carboxylic acids is 2. The van der Waals surface area contributed by atoms with Crippen molar-refractivity contribution in [2.24, 2.45) is 0 Å². The first kappa shape index (κ1) is 23.7. The molecule has 1 aromatic carbocycles. The monoisotopic (exact) mass is 483 g/mol. The summed E-state index contributed by atoms with van der Waals surface area (Å²) in [7, 11) is 0. The minimum absolute atomic E-state index is 0.00596. The number of nitrogens with one attached hydrogen (secondary N) is 5. The van der Waals surface area contributed by atoms with Gasteiger partial charge in [0.05, 0.1) is 6.61 Å². The minimum Gasteiger partial charge on any atom is -0.493 e. The van der Waals surface area contributed by atoms with Crippen LogP contribution >= 0.6 is 0 Å². The van der Waals surface area contributed by atoms with E-state index in [2.05, 4.69) is 25.6 Å². The van der Waals surface area contributed by atoms with E-state index in [1.165, 1.54) is 0 Å². The molecule has 1 aliphatic heterocycles. The predicted molar refractivity (Wildman–Crippen MR) is 125 cm³/mol. The van der Waals surface area contributed by atoms with Crippen LogP contribution < -0.4 is 26.6 Å². The van der Waals surface area contributed by atoms with E-state index in [1.807, 2.05) is 0 Å². The van der Waals surface area contributed by atoms with Crippen LogP contribution in [0.15, 0.2) is 34.1 Å². The van der Waals surface area contributed by atoms with E-state index < -0.39 is 29.0 Å². The van der Waals surface area contributed by atoms with Gasteiger partial charge in [-0.05, 0) is 45.4 Å². The number of hydrogen-bond acceptors (Lipinski definition) is 8. The van der Waals surface area contributed by atoms with Gasteiger partial charge in [-0.15, -0.1) is 0 Å². The lowest BCUT2D eigenvalue weighted by atomic mass is 9.96. The standard InChI is InChI=1S/C22H25N7O6/c1-22(2,3)35-21(33)26-16(23)11-4-5-14-13(8-11)12(9-34-14)6-7-24-20(32)29-10-25-15-17(29)27-19(31)28-18(15)30/h4-5,8,10,12H,6-7,9H2,1-3H3,(H,24,32)(H2,23,26,33)(H2,27,28,30,31). The average Bonchev–Trinajstić information content (AvgIpc) is 3.36. The molecule has 0 saturated carbocycles. The number of fused-ring (bicyclic) bond motifs is 2. The number of amides is 2. The number of rotatable bonds is 4. The van der Waals surface area contributed by atoms with Crippen molar-refractivity contribution in [3.63, 3.8) is 0 Å². The molecular weight excluding hydrogens is 458 g/mol. The minimum atomic E-state index is -0.737. The third kappa shape index (κ3) is 5.23. The van der Waals surface area contributed by atoms with Crippen LogP contribution in [0.4, 0.5) is 9.59 Å². The molecule has 3 heterocycles. The number of aromatic amines is 2. The molecule has 0 radical (unpaired) electrons. The summed E-state index contributed by atoms with van der Waals surface area (Å²) in [6, 6.07) is 4.63. The summed E-state index contributed by atoms with van der Waals surface area (Å²) in [5.41, 5.74) is -0.791. The van der Waals surface area contributed by atoms with Gasteiger partial charge in [0.2, 0.25) is 0 Å². The molecule has 0 saturated heterocycles. The molecular formula is C22H25N7O6. The van der Waals surface area contributed by atoms with Crippen LogP contribution in [0.25, 0.3) is 11.2 Å². The molecule has 13 nitrogen and oxygen atoms in total. The van der Waals surface area contributed by atoms with Crippen molar-refractivity contribution in [1.29, 1.82) is 5.41 Å². The SMILES string of the molecule is CC(C)(C)OC(=O)NC(=N)c1ccc2c(c1)C(CCNC(=O)n1cnc3c(=O)[nH]c(=O)[nH]c31)CO2. The summed E-state index contributed by atoms with van der Waals surface area (Å²) in [4.78, 5) is 56.2. The number of benzene rings is 1. The lowest BCUT2D eigenvalue weighted by Gasteiger charge is -2.20. The van der Waals surface area contributed by atoms with Gasteiger partial charge < -0.3 is 14.8 Å². The van der Waals surface area contributed by atoms with Gasteiger partial charge in [0.1, 0.15) is 23.5 Å². The Kier molecular flexibility index (Phi) is 6.16. The summed E-state index contributed by atoms with van der Waals surface area (Å²) in [6.07, 6.45) is 0.974.